The molecule has 0 saturated heterocycles. The zero-order chi connectivity index (χ0) is 18.5. The van der Waals surface area contributed by atoms with Crippen molar-refractivity contribution in [1.29, 1.82) is 0 Å². The summed E-state index contributed by atoms with van der Waals surface area (Å²) in [6.45, 7) is 0.365. The Bertz CT molecular complexity index is 937. The number of anilines is 3. The second-order valence-corrected chi connectivity index (χ2v) is 6.55. The molecule has 0 fully saturated rings. The van der Waals surface area contributed by atoms with E-state index in [0.29, 0.717) is 17.3 Å². The second-order valence-electron chi connectivity index (χ2n) is 5.26. The Balaban J connectivity index is 1.87. The smallest absolute Gasteiger partial charge is 0.353 e. The number of halogens is 2. The average molecular weight is 435 g/mol. The van der Waals surface area contributed by atoms with E-state index in [2.05, 4.69) is 36.5 Å². The van der Waals surface area contributed by atoms with Gasteiger partial charge in [-0.3, -0.25) is 10.1 Å². The summed E-state index contributed by atoms with van der Waals surface area (Å²) in [7, 11) is 0. The van der Waals surface area contributed by atoms with Gasteiger partial charge in [0.2, 0.25) is 11.6 Å². The number of aromatic nitrogens is 2. The van der Waals surface area contributed by atoms with Crippen LogP contribution in [0.3, 0.4) is 0 Å². The van der Waals surface area contributed by atoms with Gasteiger partial charge in [0.25, 0.3) is 0 Å². The highest BCUT2D eigenvalue weighted by atomic mass is 79.9. The summed E-state index contributed by atoms with van der Waals surface area (Å²) in [5, 5.41) is 18.2. The van der Waals surface area contributed by atoms with Gasteiger partial charge >= 0.3 is 5.69 Å². The lowest BCUT2D eigenvalue weighted by molar-refractivity contribution is -0.383. The monoisotopic (exact) mass is 433 g/mol. The van der Waals surface area contributed by atoms with E-state index < -0.39 is 4.92 Å². The summed E-state index contributed by atoms with van der Waals surface area (Å²) >= 11 is 9.26. The Morgan fingerprint density at radius 2 is 1.77 bits per heavy atom. The molecular formula is C17H13BrClN5O2. The lowest BCUT2D eigenvalue weighted by Gasteiger charge is -2.11. The largest absolute Gasteiger partial charge is 0.360 e. The number of benzene rings is 2. The minimum absolute atomic E-state index is 0.107. The van der Waals surface area contributed by atoms with Crippen LogP contribution in [-0.2, 0) is 6.54 Å². The van der Waals surface area contributed by atoms with Crippen LogP contribution >= 0.6 is 27.5 Å². The number of nitro groups is 1. The summed E-state index contributed by atoms with van der Waals surface area (Å²) in [5.74, 6) is 0.241. The molecule has 0 spiro atoms. The second kappa shape index (κ2) is 8.11. The standard InChI is InChI=1S/C17H13BrClN5O2/c18-13-3-1-2-4-14(13)23-17-15(24(25)26)16(21-10-22-17)20-9-11-5-7-12(19)8-6-11/h1-8,10H,9H2,(H2,20,21,22,23). The van der Waals surface area contributed by atoms with Crippen molar-refractivity contribution in [2.75, 3.05) is 10.6 Å². The van der Waals surface area contributed by atoms with Gasteiger partial charge in [-0.25, -0.2) is 9.97 Å². The molecule has 0 aliphatic rings. The molecule has 0 atom stereocenters. The first kappa shape index (κ1) is 18.1. The van der Waals surface area contributed by atoms with E-state index in [-0.39, 0.29) is 17.3 Å². The van der Waals surface area contributed by atoms with Gasteiger partial charge in [0.1, 0.15) is 6.33 Å². The molecular weight excluding hydrogens is 422 g/mol. The highest BCUT2D eigenvalue weighted by Gasteiger charge is 2.23. The lowest BCUT2D eigenvalue weighted by atomic mass is 10.2. The molecule has 2 aromatic carbocycles. The van der Waals surface area contributed by atoms with Crippen LogP contribution in [0.4, 0.5) is 23.0 Å². The fourth-order valence-electron chi connectivity index (χ4n) is 2.25. The van der Waals surface area contributed by atoms with E-state index in [1.807, 2.05) is 30.3 Å². The van der Waals surface area contributed by atoms with Crippen LogP contribution in [0.5, 0.6) is 0 Å². The number of nitrogens with one attached hydrogen (secondary N) is 2. The van der Waals surface area contributed by atoms with Crippen LogP contribution in [0.15, 0.2) is 59.3 Å². The molecule has 0 radical (unpaired) electrons. The Labute approximate surface area is 162 Å². The summed E-state index contributed by atoms with van der Waals surface area (Å²) < 4.78 is 0.767. The molecule has 3 aromatic rings. The molecule has 3 rings (SSSR count). The van der Waals surface area contributed by atoms with Crippen molar-refractivity contribution in [3.63, 3.8) is 0 Å². The van der Waals surface area contributed by atoms with Gasteiger partial charge in [-0.1, -0.05) is 35.9 Å². The van der Waals surface area contributed by atoms with Crippen molar-refractivity contribution in [1.82, 2.24) is 9.97 Å². The molecule has 0 saturated carbocycles. The molecule has 9 heteroatoms. The summed E-state index contributed by atoms with van der Waals surface area (Å²) in [6, 6.07) is 14.5. The van der Waals surface area contributed by atoms with Crippen molar-refractivity contribution in [3.05, 3.63) is 80.0 Å². The van der Waals surface area contributed by atoms with Crippen molar-refractivity contribution in [3.8, 4) is 0 Å². The quantitative estimate of drug-likeness (QED) is 0.411. The van der Waals surface area contributed by atoms with Crippen molar-refractivity contribution >= 4 is 50.5 Å². The third-order valence-electron chi connectivity index (χ3n) is 3.50. The van der Waals surface area contributed by atoms with Crippen LogP contribution in [0.25, 0.3) is 0 Å². The van der Waals surface area contributed by atoms with E-state index in [4.69, 9.17) is 11.6 Å². The van der Waals surface area contributed by atoms with Crippen LogP contribution < -0.4 is 10.6 Å². The summed E-state index contributed by atoms with van der Waals surface area (Å²) in [5.41, 5.74) is 1.36. The SMILES string of the molecule is O=[N+]([O-])c1c(NCc2ccc(Cl)cc2)ncnc1Nc1ccccc1Br. The molecule has 26 heavy (non-hydrogen) atoms. The molecule has 1 heterocycles. The van der Waals surface area contributed by atoms with Crippen molar-refractivity contribution in [2.45, 2.75) is 6.54 Å². The fraction of sp³-hybridized carbons (Fsp3) is 0.0588. The lowest BCUT2D eigenvalue weighted by Crippen LogP contribution is -2.08. The maximum absolute atomic E-state index is 11.6. The normalized spacial score (nSPS) is 10.4. The molecule has 2 N–H and O–H groups in total. The molecule has 132 valence electrons. The van der Waals surface area contributed by atoms with Crippen molar-refractivity contribution in [2.24, 2.45) is 0 Å². The third-order valence-corrected chi connectivity index (χ3v) is 4.45. The Morgan fingerprint density at radius 3 is 2.46 bits per heavy atom. The minimum Gasteiger partial charge on any atom is -0.360 e. The number of para-hydroxylation sites is 1. The Morgan fingerprint density at radius 1 is 1.08 bits per heavy atom. The van der Waals surface area contributed by atoms with Gasteiger partial charge in [0.05, 0.1) is 10.6 Å². The maximum atomic E-state index is 11.6. The summed E-state index contributed by atoms with van der Waals surface area (Å²) in [6.07, 6.45) is 1.27. The molecule has 1 aromatic heterocycles. The molecule has 0 bridgehead atoms. The Hall–Kier alpha value is -2.71. The molecule has 0 amide bonds. The predicted octanol–water partition coefficient (Wildman–Crippen LogP) is 5.16. The van der Waals surface area contributed by atoms with Gasteiger partial charge in [0.15, 0.2) is 0 Å². The van der Waals surface area contributed by atoms with E-state index in [9.17, 15) is 10.1 Å². The van der Waals surface area contributed by atoms with Crippen molar-refractivity contribution < 1.29 is 4.92 Å². The zero-order valence-corrected chi connectivity index (χ0v) is 15.7. The highest BCUT2D eigenvalue weighted by molar-refractivity contribution is 9.10. The van der Waals surface area contributed by atoms with Gasteiger partial charge in [-0.05, 0) is 45.8 Å². The first-order valence-corrected chi connectivity index (χ1v) is 8.71. The predicted molar refractivity (Wildman–Crippen MR) is 105 cm³/mol. The van der Waals surface area contributed by atoms with Gasteiger partial charge < -0.3 is 10.6 Å². The van der Waals surface area contributed by atoms with E-state index in [1.165, 1.54) is 6.33 Å². The number of hydrogen-bond acceptors (Lipinski definition) is 6. The van der Waals surface area contributed by atoms with Gasteiger partial charge in [0, 0.05) is 16.0 Å². The Kier molecular flexibility index (Phi) is 5.65. The molecule has 0 aliphatic heterocycles. The highest BCUT2D eigenvalue weighted by Crippen LogP contribution is 2.33. The van der Waals surface area contributed by atoms with E-state index in [0.717, 1.165) is 10.0 Å². The van der Waals surface area contributed by atoms with Gasteiger partial charge in [-0.2, -0.15) is 0 Å². The van der Waals surface area contributed by atoms with Crippen LogP contribution in [0.1, 0.15) is 5.56 Å². The van der Waals surface area contributed by atoms with E-state index >= 15 is 0 Å². The molecule has 0 aliphatic carbocycles. The topological polar surface area (TPSA) is 93.0 Å². The van der Waals surface area contributed by atoms with Gasteiger partial charge in [-0.15, -0.1) is 0 Å². The number of nitrogens with zero attached hydrogens (tertiary/aromatic N) is 3. The molecule has 0 unspecified atom stereocenters. The third kappa shape index (κ3) is 4.27. The van der Waals surface area contributed by atoms with Crippen LogP contribution in [-0.4, -0.2) is 14.9 Å². The number of hydrogen-bond donors (Lipinski definition) is 2. The minimum atomic E-state index is -0.511. The van der Waals surface area contributed by atoms with Crippen LogP contribution in [0.2, 0.25) is 5.02 Å². The average Bonchev–Trinajstić information content (AvgIpc) is 2.63. The maximum Gasteiger partial charge on any atom is 0.353 e. The van der Waals surface area contributed by atoms with Crippen LogP contribution in [0, 0.1) is 10.1 Å². The number of rotatable bonds is 6. The fourth-order valence-corrected chi connectivity index (χ4v) is 2.76. The first-order chi connectivity index (χ1) is 12.5. The first-order valence-electron chi connectivity index (χ1n) is 7.54. The zero-order valence-electron chi connectivity index (χ0n) is 13.3. The molecule has 7 nitrogen and oxygen atoms in total. The van der Waals surface area contributed by atoms with E-state index in [1.54, 1.807) is 18.2 Å². The summed E-state index contributed by atoms with van der Waals surface area (Å²) in [4.78, 5) is 19.1.